The lowest BCUT2D eigenvalue weighted by molar-refractivity contribution is 0.174. The number of pyridine rings is 1. The Labute approximate surface area is 89.3 Å². The molecule has 0 aromatic carbocycles. The van der Waals surface area contributed by atoms with Crippen molar-refractivity contribution in [3.8, 4) is 0 Å². The van der Waals surface area contributed by atoms with Crippen LogP contribution in [0.2, 0.25) is 0 Å². The fourth-order valence-electron chi connectivity index (χ4n) is 1.29. The monoisotopic (exact) mass is 210 g/mol. The molecule has 1 aromatic rings. The number of hydrogen-bond acceptors (Lipinski definition) is 3. The minimum Gasteiger partial charge on any atom is -0.387 e. The molecule has 4 heteroatoms. The zero-order valence-corrected chi connectivity index (χ0v) is 8.99. The molecular formula is C11H18N2O2. The lowest BCUT2D eigenvalue weighted by atomic mass is 10.1. The summed E-state index contributed by atoms with van der Waals surface area (Å²) >= 11 is 0. The first-order valence-corrected chi connectivity index (χ1v) is 5.31. The summed E-state index contributed by atoms with van der Waals surface area (Å²) in [5.74, 6) is 0. The molecule has 0 bridgehead atoms. The van der Waals surface area contributed by atoms with Crippen molar-refractivity contribution in [2.75, 3.05) is 13.1 Å². The normalized spacial score (nSPS) is 12.7. The van der Waals surface area contributed by atoms with E-state index in [0.717, 1.165) is 24.9 Å². The van der Waals surface area contributed by atoms with Crippen molar-refractivity contribution in [3.63, 3.8) is 0 Å². The lowest BCUT2D eigenvalue weighted by Gasteiger charge is -2.11. The van der Waals surface area contributed by atoms with Gasteiger partial charge in [-0.1, -0.05) is 13.3 Å². The minimum absolute atomic E-state index is 0.148. The third-order valence-electron chi connectivity index (χ3n) is 2.24. The van der Waals surface area contributed by atoms with Gasteiger partial charge >= 0.3 is 0 Å². The molecule has 0 radical (unpaired) electrons. The summed E-state index contributed by atoms with van der Waals surface area (Å²) in [7, 11) is 0. The molecular weight excluding hydrogens is 192 g/mol. The maximum Gasteiger partial charge on any atom is 0.247 e. The first-order valence-electron chi connectivity index (χ1n) is 5.31. The Bertz CT molecular complexity index is 315. The van der Waals surface area contributed by atoms with Crippen LogP contribution in [0, 0.1) is 0 Å². The van der Waals surface area contributed by atoms with Gasteiger partial charge in [0, 0.05) is 18.8 Å². The SMILES string of the molecule is CCCCNC[C@H](O)c1ccc(=O)[nH]c1. The molecule has 0 fully saturated rings. The van der Waals surface area contributed by atoms with Crippen molar-refractivity contribution < 1.29 is 5.11 Å². The van der Waals surface area contributed by atoms with Crippen molar-refractivity contribution in [1.82, 2.24) is 10.3 Å². The largest absolute Gasteiger partial charge is 0.387 e. The van der Waals surface area contributed by atoms with Gasteiger partial charge in [0.1, 0.15) is 0 Å². The van der Waals surface area contributed by atoms with Crippen molar-refractivity contribution in [2.45, 2.75) is 25.9 Å². The third-order valence-corrected chi connectivity index (χ3v) is 2.24. The fraction of sp³-hybridized carbons (Fsp3) is 0.545. The molecule has 0 aliphatic rings. The summed E-state index contributed by atoms with van der Waals surface area (Å²) in [5, 5.41) is 12.9. The fourth-order valence-corrected chi connectivity index (χ4v) is 1.29. The van der Waals surface area contributed by atoms with Crippen LogP contribution in [0.25, 0.3) is 0 Å². The van der Waals surface area contributed by atoms with Crippen LogP contribution in [0.15, 0.2) is 23.1 Å². The van der Waals surface area contributed by atoms with Gasteiger partial charge < -0.3 is 15.4 Å². The van der Waals surface area contributed by atoms with Crippen molar-refractivity contribution >= 4 is 0 Å². The second-order valence-electron chi connectivity index (χ2n) is 3.56. The Morgan fingerprint density at radius 1 is 1.53 bits per heavy atom. The summed E-state index contributed by atoms with van der Waals surface area (Å²) in [6.45, 7) is 3.56. The highest BCUT2D eigenvalue weighted by molar-refractivity contribution is 5.12. The Morgan fingerprint density at radius 2 is 2.33 bits per heavy atom. The summed E-state index contributed by atoms with van der Waals surface area (Å²) in [5.41, 5.74) is 0.587. The number of aromatic amines is 1. The van der Waals surface area contributed by atoms with E-state index in [-0.39, 0.29) is 5.56 Å². The smallest absolute Gasteiger partial charge is 0.247 e. The Morgan fingerprint density at radius 3 is 2.93 bits per heavy atom. The zero-order chi connectivity index (χ0) is 11.1. The van der Waals surface area contributed by atoms with Gasteiger partial charge in [-0.05, 0) is 24.6 Å². The average molecular weight is 210 g/mol. The van der Waals surface area contributed by atoms with E-state index in [1.807, 2.05) is 0 Å². The van der Waals surface area contributed by atoms with E-state index < -0.39 is 6.10 Å². The number of unbranched alkanes of at least 4 members (excludes halogenated alkanes) is 1. The van der Waals surface area contributed by atoms with Crippen molar-refractivity contribution in [1.29, 1.82) is 0 Å². The number of H-pyrrole nitrogens is 1. The molecule has 3 N–H and O–H groups in total. The molecule has 0 aliphatic carbocycles. The molecule has 0 unspecified atom stereocenters. The Hall–Kier alpha value is -1.13. The van der Waals surface area contributed by atoms with Crippen LogP contribution in [0.3, 0.4) is 0 Å². The highest BCUT2D eigenvalue weighted by Gasteiger charge is 2.05. The van der Waals surface area contributed by atoms with Crippen LogP contribution < -0.4 is 10.9 Å². The summed E-state index contributed by atoms with van der Waals surface area (Å²) in [6, 6.07) is 3.07. The number of hydrogen-bond donors (Lipinski definition) is 3. The molecule has 0 aliphatic heterocycles. The van der Waals surface area contributed by atoms with Crippen molar-refractivity contribution in [3.05, 3.63) is 34.2 Å². The van der Waals surface area contributed by atoms with Crippen molar-refractivity contribution in [2.24, 2.45) is 0 Å². The van der Waals surface area contributed by atoms with Gasteiger partial charge in [0.15, 0.2) is 0 Å². The van der Waals surface area contributed by atoms with Gasteiger partial charge in [-0.25, -0.2) is 0 Å². The van der Waals surface area contributed by atoms with E-state index in [4.69, 9.17) is 0 Å². The summed E-state index contributed by atoms with van der Waals surface area (Å²) in [6.07, 6.45) is 3.24. The molecule has 0 saturated carbocycles. The van der Waals surface area contributed by atoms with Crippen LogP contribution in [0.1, 0.15) is 31.4 Å². The van der Waals surface area contributed by atoms with Crippen LogP contribution >= 0.6 is 0 Å². The van der Waals surface area contributed by atoms with Crippen LogP contribution in [0.5, 0.6) is 0 Å². The number of aliphatic hydroxyl groups excluding tert-OH is 1. The quantitative estimate of drug-likeness (QED) is 0.608. The Balaban J connectivity index is 2.36. The first-order chi connectivity index (χ1) is 7.24. The van der Waals surface area contributed by atoms with E-state index in [1.165, 1.54) is 6.07 Å². The van der Waals surface area contributed by atoms with E-state index in [9.17, 15) is 9.90 Å². The molecule has 0 amide bonds. The van der Waals surface area contributed by atoms with Crippen LogP contribution in [-0.4, -0.2) is 23.2 Å². The second-order valence-corrected chi connectivity index (χ2v) is 3.56. The van der Waals surface area contributed by atoms with Gasteiger partial charge in [-0.2, -0.15) is 0 Å². The van der Waals surface area contributed by atoms with Gasteiger partial charge in [-0.3, -0.25) is 4.79 Å². The summed E-state index contributed by atoms with van der Waals surface area (Å²) in [4.78, 5) is 13.3. The van der Waals surface area contributed by atoms with Crippen LogP contribution in [-0.2, 0) is 0 Å². The third kappa shape index (κ3) is 4.27. The van der Waals surface area contributed by atoms with E-state index in [2.05, 4.69) is 17.2 Å². The van der Waals surface area contributed by atoms with Gasteiger partial charge in [0.25, 0.3) is 0 Å². The molecule has 84 valence electrons. The van der Waals surface area contributed by atoms with Gasteiger partial charge in [-0.15, -0.1) is 0 Å². The standard InChI is InChI=1S/C11H18N2O2/c1-2-3-6-12-8-10(14)9-4-5-11(15)13-7-9/h4-5,7,10,12,14H,2-3,6,8H2,1H3,(H,13,15)/t10-/m0/s1. The molecule has 1 atom stereocenters. The van der Waals surface area contributed by atoms with Gasteiger partial charge in [0.05, 0.1) is 6.10 Å². The van der Waals surface area contributed by atoms with Crippen LogP contribution in [0.4, 0.5) is 0 Å². The highest BCUT2D eigenvalue weighted by Crippen LogP contribution is 2.07. The minimum atomic E-state index is -0.557. The summed E-state index contributed by atoms with van der Waals surface area (Å²) < 4.78 is 0. The average Bonchev–Trinajstić information content (AvgIpc) is 2.25. The number of aliphatic hydroxyl groups is 1. The first kappa shape index (κ1) is 11.9. The highest BCUT2D eigenvalue weighted by atomic mass is 16.3. The van der Waals surface area contributed by atoms with E-state index >= 15 is 0 Å². The zero-order valence-electron chi connectivity index (χ0n) is 8.99. The van der Waals surface area contributed by atoms with E-state index in [1.54, 1.807) is 12.3 Å². The molecule has 1 heterocycles. The number of nitrogens with one attached hydrogen (secondary N) is 2. The number of aromatic nitrogens is 1. The molecule has 1 rings (SSSR count). The number of rotatable bonds is 6. The lowest BCUT2D eigenvalue weighted by Crippen LogP contribution is -2.22. The predicted octanol–water partition coefficient (Wildman–Crippen LogP) is 0.798. The Kier molecular flexibility index (Phi) is 5.07. The molecule has 4 nitrogen and oxygen atoms in total. The molecule has 15 heavy (non-hydrogen) atoms. The molecule has 0 saturated heterocycles. The van der Waals surface area contributed by atoms with E-state index in [0.29, 0.717) is 6.54 Å². The van der Waals surface area contributed by atoms with Gasteiger partial charge in [0.2, 0.25) is 5.56 Å². The maximum absolute atomic E-state index is 10.8. The predicted molar refractivity (Wildman–Crippen MR) is 59.8 cm³/mol. The maximum atomic E-state index is 10.8. The molecule has 1 aromatic heterocycles. The second kappa shape index (κ2) is 6.37. The molecule has 0 spiro atoms. The topological polar surface area (TPSA) is 65.1 Å².